The van der Waals surface area contributed by atoms with Gasteiger partial charge >= 0.3 is 0 Å². The maximum absolute atomic E-state index is 12.1. The number of hydrogen-bond donors (Lipinski definition) is 1. The molecule has 2 aromatic rings. The Morgan fingerprint density at radius 3 is 3.18 bits per heavy atom. The summed E-state index contributed by atoms with van der Waals surface area (Å²) in [7, 11) is 0. The number of carbonyl (C=O) groups is 1. The van der Waals surface area contributed by atoms with Crippen molar-refractivity contribution in [1.29, 1.82) is 0 Å². The van der Waals surface area contributed by atoms with E-state index in [0.29, 0.717) is 38.0 Å². The van der Waals surface area contributed by atoms with Crippen LogP contribution in [0, 0.1) is 6.92 Å². The molecule has 1 amide bonds. The summed E-state index contributed by atoms with van der Waals surface area (Å²) in [6.07, 6.45) is 1.58. The second kappa shape index (κ2) is 6.71. The average molecular weight is 306 g/mol. The fourth-order valence-corrected chi connectivity index (χ4v) is 2.34. The molecule has 0 aliphatic carbocycles. The van der Waals surface area contributed by atoms with E-state index in [9.17, 15) is 4.79 Å². The number of aryl methyl sites for hydroxylation is 1. The van der Waals surface area contributed by atoms with Crippen LogP contribution in [0.4, 0.5) is 0 Å². The second-order valence-corrected chi connectivity index (χ2v) is 5.10. The molecule has 0 bridgehead atoms. The van der Waals surface area contributed by atoms with Crippen LogP contribution in [-0.2, 0) is 16.1 Å². The van der Waals surface area contributed by atoms with Crippen molar-refractivity contribution in [3.05, 3.63) is 35.9 Å². The van der Waals surface area contributed by atoms with Crippen LogP contribution in [0.1, 0.15) is 23.5 Å². The minimum absolute atomic E-state index is 0.0838. The Balaban J connectivity index is 1.57. The number of hydrogen-bond acceptors (Lipinski definition) is 7. The first-order chi connectivity index (χ1) is 10.7. The van der Waals surface area contributed by atoms with Crippen LogP contribution in [0.5, 0.6) is 0 Å². The fourth-order valence-electron chi connectivity index (χ4n) is 2.34. The molecule has 0 saturated carbocycles. The van der Waals surface area contributed by atoms with E-state index in [-0.39, 0.29) is 18.5 Å². The fraction of sp³-hybridized carbons (Fsp3) is 0.500. The quantitative estimate of drug-likeness (QED) is 0.867. The zero-order chi connectivity index (χ0) is 15.4. The number of amides is 1. The third-order valence-electron chi connectivity index (χ3n) is 3.45. The van der Waals surface area contributed by atoms with Crippen molar-refractivity contribution in [3.8, 4) is 0 Å². The van der Waals surface area contributed by atoms with Crippen molar-refractivity contribution >= 4 is 5.91 Å². The lowest BCUT2D eigenvalue weighted by Crippen LogP contribution is -2.45. The molecule has 8 heteroatoms. The van der Waals surface area contributed by atoms with Crippen molar-refractivity contribution in [2.75, 3.05) is 26.3 Å². The predicted molar refractivity (Wildman–Crippen MR) is 74.7 cm³/mol. The molecule has 0 radical (unpaired) electrons. The van der Waals surface area contributed by atoms with Crippen LogP contribution in [0.25, 0.3) is 0 Å². The molecule has 1 aliphatic rings. The summed E-state index contributed by atoms with van der Waals surface area (Å²) < 4.78 is 15.9. The Morgan fingerprint density at radius 2 is 2.45 bits per heavy atom. The second-order valence-electron chi connectivity index (χ2n) is 5.10. The molecule has 1 saturated heterocycles. The van der Waals surface area contributed by atoms with Crippen LogP contribution in [0.15, 0.2) is 27.3 Å². The van der Waals surface area contributed by atoms with Crippen molar-refractivity contribution in [1.82, 2.24) is 20.4 Å². The minimum Gasteiger partial charge on any atom is -0.467 e. The monoisotopic (exact) mass is 306 g/mol. The third-order valence-corrected chi connectivity index (χ3v) is 3.45. The Hall–Kier alpha value is -2.19. The lowest BCUT2D eigenvalue weighted by Gasteiger charge is -2.32. The smallest absolute Gasteiger partial charge is 0.246 e. The zero-order valence-electron chi connectivity index (χ0n) is 12.3. The van der Waals surface area contributed by atoms with Crippen LogP contribution in [-0.4, -0.2) is 47.3 Å². The number of morpholine rings is 1. The highest BCUT2D eigenvalue weighted by molar-refractivity contribution is 5.78. The molecule has 1 unspecified atom stereocenters. The van der Waals surface area contributed by atoms with Gasteiger partial charge in [-0.25, -0.2) is 0 Å². The standard InChI is InChI=1S/C14H18N4O4/c1-10-16-14(22-17-10)12-9-20-6-4-18(12)8-13(19)15-7-11-3-2-5-21-11/h2-3,5,12H,4,6-9H2,1H3,(H,15,19). The normalized spacial score (nSPS) is 19.2. The van der Waals surface area contributed by atoms with E-state index < -0.39 is 0 Å². The van der Waals surface area contributed by atoms with Gasteiger partial charge in [0.25, 0.3) is 0 Å². The SMILES string of the molecule is Cc1noc(C2COCCN2CC(=O)NCc2ccco2)n1. The van der Waals surface area contributed by atoms with Gasteiger partial charge in [-0.15, -0.1) is 0 Å². The summed E-state index contributed by atoms with van der Waals surface area (Å²) in [4.78, 5) is 18.3. The molecular formula is C14H18N4O4. The highest BCUT2D eigenvalue weighted by Gasteiger charge is 2.30. The highest BCUT2D eigenvalue weighted by Crippen LogP contribution is 2.22. The van der Waals surface area contributed by atoms with E-state index >= 15 is 0 Å². The Morgan fingerprint density at radius 1 is 1.55 bits per heavy atom. The van der Waals surface area contributed by atoms with Gasteiger partial charge in [0.05, 0.1) is 32.6 Å². The topological polar surface area (TPSA) is 93.6 Å². The number of rotatable bonds is 5. The largest absolute Gasteiger partial charge is 0.467 e. The van der Waals surface area contributed by atoms with Crippen LogP contribution >= 0.6 is 0 Å². The summed E-state index contributed by atoms with van der Waals surface area (Å²) in [6.45, 7) is 4.04. The lowest BCUT2D eigenvalue weighted by atomic mass is 10.2. The third kappa shape index (κ3) is 3.52. The van der Waals surface area contributed by atoms with Crippen LogP contribution in [0.2, 0.25) is 0 Å². The maximum atomic E-state index is 12.1. The molecule has 2 aromatic heterocycles. The lowest BCUT2D eigenvalue weighted by molar-refractivity contribution is -0.125. The van der Waals surface area contributed by atoms with Gasteiger partial charge < -0.3 is 19.0 Å². The van der Waals surface area contributed by atoms with Gasteiger partial charge in [-0.05, 0) is 19.1 Å². The number of carbonyl (C=O) groups excluding carboxylic acids is 1. The van der Waals surface area contributed by atoms with Gasteiger partial charge in [0.2, 0.25) is 11.8 Å². The van der Waals surface area contributed by atoms with E-state index in [0.717, 1.165) is 5.76 Å². The van der Waals surface area contributed by atoms with Gasteiger partial charge in [0.15, 0.2) is 5.82 Å². The molecule has 1 N–H and O–H groups in total. The predicted octanol–water partition coefficient (Wildman–Crippen LogP) is 0.661. The number of ether oxygens (including phenoxy) is 1. The van der Waals surface area contributed by atoms with Crippen LogP contribution < -0.4 is 5.32 Å². The Kier molecular flexibility index (Phi) is 4.50. The van der Waals surface area contributed by atoms with Gasteiger partial charge in [0, 0.05) is 6.54 Å². The van der Waals surface area contributed by atoms with E-state index in [1.165, 1.54) is 0 Å². The molecule has 1 aliphatic heterocycles. The molecule has 118 valence electrons. The first-order valence-electron chi connectivity index (χ1n) is 7.13. The van der Waals surface area contributed by atoms with Crippen molar-refractivity contribution in [2.24, 2.45) is 0 Å². The number of furan rings is 1. The van der Waals surface area contributed by atoms with Crippen molar-refractivity contribution in [2.45, 2.75) is 19.5 Å². The summed E-state index contributed by atoms with van der Waals surface area (Å²) in [6, 6.07) is 3.42. The summed E-state index contributed by atoms with van der Waals surface area (Å²) in [5.41, 5.74) is 0. The minimum atomic E-state index is -0.190. The molecule has 3 heterocycles. The van der Waals surface area contributed by atoms with E-state index in [2.05, 4.69) is 15.5 Å². The number of nitrogens with one attached hydrogen (secondary N) is 1. The van der Waals surface area contributed by atoms with E-state index in [1.54, 1.807) is 19.3 Å². The molecule has 3 rings (SSSR count). The van der Waals surface area contributed by atoms with Gasteiger partial charge in [-0.1, -0.05) is 5.16 Å². The average Bonchev–Trinajstić information content (AvgIpc) is 3.17. The maximum Gasteiger partial charge on any atom is 0.246 e. The highest BCUT2D eigenvalue weighted by atomic mass is 16.5. The van der Waals surface area contributed by atoms with Crippen molar-refractivity contribution in [3.63, 3.8) is 0 Å². The molecule has 22 heavy (non-hydrogen) atoms. The molecule has 0 aromatic carbocycles. The molecule has 8 nitrogen and oxygen atoms in total. The van der Waals surface area contributed by atoms with Crippen LogP contribution in [0.3, 0.4) is 0 Å². The van der Waals surface area contributed by atoms with Gasteiger partial charge in [-0.3, -0.25) is 9.69 Å². The van der Waals surface area contributed by atoms with E-state index in [1.807, 2.05) is 11.0 Å². The molecular weight excluding hydrogens is 288 g/mol. The number of nitrogens with zero attached hydrogens (tertiary/aromatic N) is 3. The zero-order valence-corrected chi connectivity index (χ0v) is 12.3. The first-order valence-corrected chi connectivity index (χ1v) is 7.13. The first kappa shape index (κ1) is 14.7. The summed E-state index contributed by atoms with van der Waals surface area (Å²) in [5, 5.41) is 6.62. The molecule has 1 atom stereocenters. The van der Waals surface area contributed by atoms with Gasteiger partial charge in [-0.2, -0.15) is 4.98 Å². The van der Waals surface area contributed by atoms with E-state index in [4.69, 9.17) is 13.7 Å². The summed E-state index contributed by atoms with van der Waals surface area (Å²) >= 11 is 0. The molecule has 1 fully saturated rings. The van der Waals surface area contributed by atoms with Crippen molar-refractivity contribution < 1.29 is 18.5 Å². The number of aromatic nitrogens is 2. The van der Waals surface area contributed by atoms with Gasteiger partial charge in [0.1, 0.15) is 11.8 Å². The Bertz CT molecular complexity index is 610. The summed E-state index contributed by atoms with van der Waals surface area (Å²) in [5.74, 6) is 1.69. The molecule has 0 spiro atoms. The Labute approximate surface area is 127 Å².